The van der Waals surface area contributed by atoms with Gasteiger partial charge < -0.3 is 4.74 Å². The Morgan fingerprint density at radius 3 is 2.47 bits per heavy atom. The Hall–Kier alpha value is -1.38. The van der Waals surface area contributed by atoms with Gasteiger partial charge >= 0.3 is 5.97 Å². The molecule has 94 valence electrons. The van der Waals surface area contributed by atoms with Crippen LogP contribution in [-0.2, 0) is 14.3 Å². The smallest absolute Gasteiger partial charge is 0.330 e. The zero-order chi connectivity index (χ0) is 13.1. The second-order valence-corrected chi connectivity index (χ2v) is 5.19. The number of hydrogen-bond acceptors (Lipinski definition) is 3. The van der Waals surface area contributed by atoms with Crippen LogP contribution in [0.15, 0.2) is 24.3 Å². The first kappa shape index (κ1) is 13.7. The summed E-state index contributed by atoms with van der Waals surface area (Å²) in [6, 6.07) is 0. The van der Waals surface area contributed by atoms with Gasteiger partial charge in [0.05, 0.1) is 0 Å². The molecule has 1 aliphatic rings. The van der Waals surface area contributed by atoms with Gasteiger partial charge in [0.15, 0.2) is 12.4 Å². The fraction of sp³-hybridized carbons (Fsp3) is 0.571. The lowest BCUT2D eigenvalue weighted by Gasteiger charge is -2.36. The highest BCUT2D eigenvalue weighted by Gasteiger charge is 2.47. The van der Waals surface area contributed by atoms with E-state index in [4.69, 9.17) is 4.74 Å². The van der Waals surface area contributed by atoms with Gasteiger partial charge in [0.25, 0.3) is 0 Å². The molecule has 0 spiro atoms. The van der Waals surface area contributed by atoms with Crippen molar-refractivity contribution in [1.29, 1.82) is 0 Å². The van der Waals surface area contributed by atoms with Gasteiger partial charge in [-0.25, -0.2) is 4.79 Å². The number of allylic oxidation sites excluding steroid dienone is 3. The summed E-state index contributed by atoms with van der Waals surface area (Å²) >= 11 is 0. The molecule has 0 heterocycles. The highest BCUT2D eigenvalue weighted by Crippen LogP contribution is 2.48. The van der Waals surface area contributed by atoms with Gasteiger partial charge in [-0.05, 0) is 18.8 Å². The maximum Gasteiger partial charge on any atom is 0.330 e. The van der Waals surface area contributed by atoms with E-state index in [1.807, 2.05) is 26.8 Å². The number of ketones is 1. The quantitative estimate of drug-likeness (QED) is 0.428. The van der Waals surface area contributed by atoms with Crippen LogP contribution in [0.2, 0.25) is 0 Å². The first-order chi connectivity index (χ1) is 7.83. The highest BCUT2D eigenvalue weighted by atomic mass is 16.5. The van der Waals surface area contributed by atoms with Gasteiger partial charge in [0, 0.05) is 11.5 Å². The predicted molar refractivity (Wildman–Crippen MR) is 66.4 cm³/mol. The molecule has 17 heavy (non-hydrogen) atoms. The van der Waals surface area contributed by atoms with E-state index in [1.54, 1.807) is 13.0 Å². The number of Topliss-reactive ketones (excluding diaryl/α,β-unsaturated/α-hetero) is 1. The van der Waals surface area contributed by atoms with E-state index in [-0.39, 0.29) is 17.8 Å². The lowest BCUT2D eigenvalue weighted by Crippen LogP contribution is -2.40. The number of esters is 1. The summed E-state index contributed by atoms with van der Waals surface area (Å²) in [4.78, 5) is 23.3. The van der Waals surface area contributed by atoms with Crippen molar-refractivity contribution in [3.63, 3.8) is 0 Å². The molecule has 1 aliphatic carbocycles. The van der Waals surface area contributed by atoms with Gasteiger partial charge in [-0.2, -0.15) is 0 Å². The van der Waals surface area contributed by atoms with Crippen LogP contribution < -0.4 is 0 Å². The molecule has 0 N–H and O–H groups in total. The van der Waals surface area contributed by atoms with Crippen LogP contribution in [0.25, 0.3) is 0 Å². The van der Waals surface area contributed by atoms with Crippen molar-refractivity contribution >= 4 is 11.8 Å². The van der Waals surface area contributed by atoms with Crippen molar-refractivity contribution in [3.8, 4) is 0 Å². The Labute approximate surface area is 103 Å². The molecule has 3 heteroatoms. The zero-order valence-corrected chi connectivity index (χ0v) is 10.9. The van der Waals surface area contributed by atoms with E-state index in [1.165, 1.54) is 6.08 Å². The molecule has 0 fully saturated rings. The number of hydrogen-bond donors (Lipinski definition) is 0. The number of rotatable bonds is 4. The monoisotopic (exact) mass is 236 g/mol. The summed E-state index contributed by atoms with van der Waals surface area (Å²) in [5.41, 5.74) is -0.652. The van der Waals surface area contributed by atoms with E-state index in [0.717, 1.165) is 0 Å². The van der Waals surface area contributed by atoms with Gasteiger partial charge in [0.2, 0.25) is 0 Å². The van der Waals surface area contributed by atoms with Crippen molar-refractivity contribution in [1.82, 2.24) is 0 Å². The summed E-state index contributed by atoms with van der Waals surface area (Å²) in [5.74, 6) is -0.487. The molecule has 0 aromatic carbocycles. The van der Waals surface area contributed by atoms with Gasteiger partial charge in [0.1, 0.15) is 0 Å². The van der Waals surface area contributed by atoms with Crippen molar-refractivity contribution in [2.45, 2.75) is 34.1 Å². The van der Waals surface area contributed by atoms with Crippen LogP contribution in [0.1, 0.15) is 34.1 Å². The molecule has 1 atom stereocenters. The standard InChI is InChI=1S/C14H20O3/c1-5-7-12(16)17-10-11(15)14(4)9-6-8-13(14,2)3/h5-8H,9-10H2,1-4H3/b7-5-/t14-/m1/s1. The third kappa shape index (κ3) is 2.65. The predicted octanol–water partition coefficient (Wildman–Crippen LogP) is 2.67. The normalized spacial score (nSPS) is 26.4. The molecule has 1 rings (SSSR count). The van der Waals surface area contributed by atoms with Crippen molar-refractivity contribution < 1.29 is 14.3 Å². The summed E-state index contributed by atoms with van der Waals surface area (Å²) in [7, 11) is 0. The maximum atomic E-state index is 12.2. The Kier molecular flexibility index (Phi) is 3.91. The number of ether oxygens (including phenoxy) is 1. The van der Waals surface area contributed by atoms with E-state index >= 15 is 0 Å². The molecule has 0 bridgehead atoms. The van der Waals surface area contributed by atoms with Crippen molar-refractivity contribution in [2.24, 2.45) is 10.8 Å². The summed E-state index contributed by atoms with van der Waals surface area (Å²) in [5, 5.41) is 0. The second kappa shape index (κ2) is 4.86. The van der Waals surface area contributed by atoms with E-state index in [9.17, 15) is 9.59 Å². The molecule has 3 nitrogen and oxygen atoms in total. The first-order valence-corrected chi connectivity index (χ1v) is 5.84. The largest absolute Gasteiger partial charge is 0.455 e. The fourth-order valence-corrected chi connectivity index (χ4v) is 1.99. The van der Waals surface area contributed by atoms with Crippen LogP contribution in [0.4, 0.5) is 0 Å². The van der Waals surface area contributed by atoms with Crippen LogP contribution in [0, 0.1) is 10.8 Å². The third-order valence-corrected chi connectivity index (χ3v) is 3.75. The third-order valence-electron chi connectivity index (χ3n) is 3.75. The van der Waals surface area contributed by atoms with E-state index < -0.39 is 11.4 Å². The molecule has 0 aromatic rings. The minimum Gasteiger partial charge on any atom is -0.455 e. The van der Waals surface area contributed by atoms with Crippen molar-refractivity contribution in [3.05, 3.63) is 24.3 Å². The maximum absolute atomic E-state index is 12.2. The number of carbonyl (C=O) groups is 2. The molecular weight excluding hydrogens is 216 g/mol. The first-order valence-electron chi connectivity index (χ1n) is 5.84. The minimum atomic E-state index is -0.469. The van der Waals surface area contributed by atoms with Crippen molar-refractivity contribution in [2.75, 3.05) is 6.61 Å². The topological polar surface area (TPSA) is 43.4 Å². The fourth-order valence-electron chi connectivity index (χ4n) is 1.99. The molecular formula is C14H20O3. The minimum absolute atomic E-state index is 0.0228. The average Bonchev–Trinajstić information content (AvgIpc) is 2.51. The summed E-state index contributed by atoms with van der Waals surface area (Å²) < 4.78 is 4.91. The Morgan fingerprint density at radius 1 is 1.35 bits per heavy atom. The molecule has 0 saturated heterocycles. The second-order valence-electron chi connectivity index (χ2n) is 5.19. The molecule has 0 amide bonds. The van der Waals surface area contributed by atoms with Crippen LogP contribution >= 0.6 is 0 Å². The van der Waals surface area contributed by atoms with E-state index in [2.05, 4.69) is 6.08 Å². The summed E-state index contributed by atoms with van der Waals surface area (Å²) in [6.07, 6.45) is 7.69. The van der Waals surface area contributed by atoms with Gasteiger partial charge in [-0.3, -0.25) is 4.79 Å². The van der Waals surface area contributed by atoms with Gasteiger partial charge in [-0.15, -0.1) is 0 Å². The van der Waals surface area contributed by atoms with E-state index in [0.29, 0.717) is 6.42 Å². The molecule has 0 saturated carbocycles. The van der Waals surface area contributed by atoms with Crippen LogP contribution in [-0.4, -0.2) is 18.4 Å². The zero-order valence-electron chi connectivity index (χ0n) is 10.9. The van der Waals surface area contributed by atoms with Crippen LogP contribution in [0.3, 0.4) is 0 Å². The SMILES string of the molecule is C/C=C\C(=O)OCC(=O)[C@@]1(C)CC=CC1(C)C. The molecule has 0 aliphatic heterocycles. The Bertz CT molecular complexity index is 377. The van der Waals surface area contributed by atoms with Gasteiger partial charge in [-0.1, -0.05) is 39.0 Å². The lowest BCUT2D eigenvalue weighted by molar-refractivity contribution is -0.148. The number of carbonyl (C=O) groups excluding carboxylic acids is 2. The summed E-state index contributed by atoms with van der Waals surface area (Å²) in [6.45, 7) is 7.57. The molecule has 0 aromatic heterocycles. The lowest BCUT2D eigenvalue weighted by atomic mass is 9.66. The van der Waals surface area contributed by atoms with Crippen LogP contribution in [0.5, 0.6) is 0 Å². The Morgan fingerprint density at radius 2 is 2.00 bits per heavy atom. The average molecular weight is 236 g/mol. The highest BCUT2D eigenvalue weighted by molar-refractivity contribution is 5.90. The Balaban J connectivity index is 2.63. The molecule has 0 unspecified atom stereocenters. The molecule has 0 radical (unpaired) electrons.